The van der Waals surface area contributed by atoms with Crippen molar-refractivity contribution < 1.29 is 14.4 Å². The van der Waals surface area contributed by atoms with Crippen LogP contribution in [0.3, 0.4) is 0 Å². The second-order valence-corrected chi connectivity index (χ2v) is 8.36. The van der Waals surface area contributed by atoms with Crippen molar-refractivity contribution in [2.75, 3.05) is 24.5 Å². The Morgan fingerprint density at radius 2 is 1.77 bits per heavy atom. The average Bonchev–Trinajstić information content (AvgIpc) is 3.27. The number of anilines is 1. The van der Waals surface area contributed by atoms with Crippen molar-refractivity contribution in [1.29, 1.82) is 0 Å². The highest BCUT2D eigenvalue weighted by Crippen LogP contribution is 2.26. The summed E-state index contributed by atoms with van der Waals surface area (Å²) in [5.74, 6) is -0.649. The van der Waals surface area contributed by atoms with Crippen LogP contribution in [-0.2, 0) is 16.1 Å². The van der Waals surface area contributed by atoms with Crippen LogP contribution < -0.4 is 10.2 Å². The summed E-state index contributed by atoms with van der Waals surface area (Å²) in [4.78, 5) is 43.0. The summed E-state index contributed by atoms with van der Waals surface area (Å²) in [6, 6.07) is 16.6. The molecule has 2 saturated heterocycles. The molecule has 2 aromatic rings. The molecule has 2 atom stereocenters. The average molecular weight is 421 g/mol. The van der Waals surface area contributed by atoms with Gasteiger partial charge in [0.05, 0.1) is 0 Å². The van der Waals surface area contributed by atoms with E-state index in [1.165, 1.54) is 10.5 Å². The van der Waals surface area contributed by atoms with Crippen LogP contribution in [0.4, 0.5) is 10.5 Å². The Kier molecular flexibility index (Phi) is 6.04. The molecular weight excluding hydrogens is 392 g/mol. The summed E-state index contributed by atoms with van der Waals surface area (Å²) < 4.78 is 0. The normalized spacial score (nSPS) is 21.7. The highest BCUT2D eigenvalue weighted by molar-refractivity contribution is 6.15. The van der Waals surface area contributed by atoms with Gasteiger partial charge in [0.2, 0.25) is 5.91 Å². The lowest BCUT2D eigenvalue weighted by Crippen LogP contribution is -2.45. The van der Waals surface area contributed by atoms with Crippen molar-refractivity contribution in [1.82, 2.24) is 15.1 Å². The van der Waals surface area contributed by atoms with Gasteiger partial charge >= 0.3 is 6.03 Å². The molecule has 2 aromatic carbocycles. The second kappa shape index (κ2) is 8.89. The number of likely N-dealkylation sites (tertiary alicyclic amines) is 1. The smallest absolute Gasteiger partial charge is 0.332 e. The highest BCUT2D eigenvalue weighted by atomic mass is 16.2. The molecule has 0 spiro atoms. The monoisotopic (exact) mass is 420 g/mol. The first-order valence-electron chi connectivity index (χ1n) is 10.7. The number of hydrogen-bond acceptors (Lipinski definition) is 4. The number of amides is 4. The molecule has 4 amide bonds. The summed E-state index contributed by atoms with van der Waals surface area (Å²) in [5.41, 5.74) is 2.98. The van der Waals surface area contributed by atoms with Gasteiger partial charge in [0.1, 0.15) is 12.6 Å². The molecule has 162 valence electrons. The molecule has 2 aliphatic heterocycles. The van der Waals surface area contributed by atoms with Gasteiger partial charge in [0.15, 0.2) is 0 Å². The van der Waals surface area contributed by atoms with Gasteiger partial charge in [0.25, 0.3) is 5.91 Å². The standard InChI is InChI=1S/C24H28N4O3/c1-17-8-10-21(11-9-17)28-18(2)23(30)27(24(28)31)16-22(29)25-20-12-13-26(15-20)14-19-6-4-3-5-7-19/h3-11,18,20H,12-16H2,1-2H3,(H,25,29)/t18-,20-/m1/s1. The number of nitrogens with zero attached hydrogens (tertiary/aromatic N) is 3. The molecule has 2 heterocycles. The van der Waals surface area contributed by atoms with E-state index in [0.717, 1.165) is 36.5 Å². The number of carbonyl (C=O) groups excluding carboxylic acids is 3. The third kappa shape index (κ3) is 4.61. The van der Waals surface area contributed by atoms with Gasteiger partial charge in [-0.2, -0.15) is 0 Å². The number of urea groups is 1. The van der Waals surface area contributed by atoms with Gasteiger partial charge in [-0.1, -0.05) is 48.0 Å². The molecule has 0 bridgehead atoms. The minimum Gasteiger partial charge on any atom is -0.350 e. The Morgan fingerprint density at radius 1 is 1.06 bits per heavy atom. The Bertz CT molecular complexity index is 961. The summed E-state index contributed by atoms with van der Waals surface area (Å²) >= 11 is 0. The van der Waals surface area contributed by atoms with Crippen molar-refractivity contribution >= 4 is 23.5 Å². The zero-order valence-corrected chi connectivity index (χ0v) is 18.0. The van der Waals surface area contributed by atoms with Crippen molar-refractivity contribution in [2.24, 2.45) is 0 Å². The molecule has 0 radical (unpaired) electrons. The Hall–Kier alpha value is -3.19. The van der Waals surface area contributed by atoms with E-state index in [1.807, 2.05) is 49.4 Å². The molecular formula is C24H28N4O3. The summed E-state index contributed by atoms with van der Waals surface area (Å²) in [7, 11) is 0. The van der Waals surface area contributed by atoms with Crippen LogP contribution in [0, 0.1) is 6.92 Å². The molecule has 31 heavy (non-hydrogen) atoms. The maximum absolute atomic E-state index is 12.9. The molecule has 7 heteroatoms. The summed E-state index contributed by atoms with van der Waals surface area (Å²) in [6.07, 6.45) is 0.854. The van der Waals surface area contributed by atoms with Crippen LogP contribution in [-0.4, -0.2) is 59.4 Å². The van der Waals surface area contributed by atoms with Crippen molar-refractivity contribution in [3.8, 4) is 0 Å². The van der Waals surface area contributed by atoms with Gasteiger partial charge in [-0.15, -0.1) is 0 Å². The quantitative estimate of drug-likeness (QED) is 0.729. The topological polar surface area (TPSA) is 73.0 Å². The van der Waals surface area contributed by atoms with E-state index in [0.29, 0.717) is 5.69 Å². The van der Waals surface area contributed by atoms with Gasteiger partial charge < -0.3 is 5.32 Å². The second-order valence-electron chi connectivity index (χ2n) is 8.36. The van der Waals surface area contributed by atoms with Crippen LogP contribution in [0.1, 0.15) is 24.5 Å². The minimum absolute atomic E-state index is 0.0228. The number of imide groups is 1. The largest absolute Gasteiger partial charge is 0.350 e. The number of aryl methyl sites for hydroxylation is 1. The fourth-order valence-electron chi connectivity index (χ4n) is 4.26. The number of nitrogens with one attached hydrogen (secondary N) is 1. The van der Waals surface area contributed by atoms with Gasteiger partial charge in [0, 0.05) is 31.4 Å². The Balaban J connectivity index is 1.32. The lowest BCUT2D eigenvalue weighted by atomic mass is 10.2. The lowest BCUT2D eigenvalue weighted by molar-refractivity contribution is -0.132. The fraction of sp³-hybridized carbons (Fsp3) is 0.375. The van der Waals surface area contributed by atoms with E-state index in [9.17, 15) is 14.4 Å². The fourth-order valence-corrected chi connectivity index (χ4v) is 4.26. The van der Waals surface area contributed by atoms with Crippen molar-refractivity contribution in [2.45, 2.75) is 38.9 Å². The molecule has 0 unspecified atom stereocenters. The number of rotatable bonds is 6. The first kappa shape index (κ1) is 21.1. The molecule has 2 fully saturated rings. The van der Waals surface area contributed by atoms with Crippen LogP contribution in [0.25, 0.3) is 0 Å². The van der Waals surface area contributed by atoms with E-state index in [2.05, 4.69) is 22.3 Å². The third-order valence-electron chi connectivity index (χ3n) is 5.95. The first-order chi connectivity index (χ1) is 14.9. The predicted molar refractivity (Wildman–Crippen MR) is 118 cm³/mol. The van der Waals surface area contributed by atoms with Gasteiger partial charge in [-0.3, -0.25) is 24.3 Å². The minimum atomic E-state index is -0.629. The highest BCUT2D eigenvalue weighted by Gasteiger charge is 2.44. The van der Waals surface area contributed by atoms with Crippen LogP contribution in [0.2, 0.25) is 0 Å². The summed E-state index contributed by atoms with van der Waals surface area (Å²) in [6.45, 7) is 5.91. The molecule has 0 aliphatic carbocycles. The predicted octanol–water partition coefficient (Wildman–Crippen LogP) is 2.54. The van der Waals surface area contributed by atoms with E-state index in [4.69, 9.17) is 0 Å². The molecule has 2 aliphatic rings. The van der Waals surface area contributed by atoms with Crippen molar-refractivity contribution in [3.63, 3.8) is 0 Å². The SMILES string of the molecule is Cc1ccc(N2C(=O)N(CC(=O)N[C@@H]3CCN(Cc4ccccc4)C3)C(=O)[C@H]2C)cc1. The number of carbonyl (C=O) groups is 3. The molecule has 1 N–H and O–H groups in total. The molecule has 0 saturated carbocycles. The van der Waals surface area contributed by atoms with Gasteiger partial charge in [-0.05, 0) is 38.0 Å². The van der Waals surface area contributed by atoms with E-state index < -0.39 is 12.1 Å². The maximum atomic E-state index is 12.9. The molecule has 0 aromatic heterocycles. The zero-order chi connectivity index (χ0) is 22.0. The van der Waals surface area contributed by atoms with Crippen LogP contribution in [0.5, 0.6) is 0 Å². The number of benzene rings is 2. The first-order valence-corrected chi connectivity index (χ1v) is 10.7. The van der Waals surface area contributed by atoms with Crippen LogP contribution >= 0.6 is 0 Å². The van der Waals surface area contributed by atoms with E-state index >= 15 is 0 Å². The Morgan fingerprint density at radius 3 is 2.48 bits per heavy atom. The molecule has 4 rings (SSSR count). The molecule has 7 nitrogen and oxygen atoms in total. The summed E-state index contributed by atoms with van der Waals surface area (Å²) in [5, 5.41) is 2.99. The Labute approximate surface area is 182 Å². The van der Waals surface area contributed by atoms with Crippen molar-refractivity contribution in [3.05, 3.63) is 65.7 Å². The van der Waals surface area contributed by atoms with E-state index in [-0.39, 0.29) is 24.4 Å². The van der Waals surface area contributed by atoms with Crippen LogP contribution in [0.15, 0.2) is 54.6 Å². The third-order valence-corrected chi connectivity index (χ3v) is 5.95. The zero-order valence-electron chi connectivity index (χ0n) is 18.0. The maximum Gasteiger partial charge on any atom is 0.332 e. The lowest BCUT2D eigenvalue weighted by Gasteiger charge is -2.20. The van der Waals surface area contributed by atoms with Gasteiger partial charge in [-0.25, -0.2) is 4.79 Å². The number of hydrogen-bond donors (Lipinski definition) is 1. The van der Waals surface area contributed by atoms with E-state index in [1.54, 1.807) is 6.92 Å².